The number of nitrogens with one attached hydrogen (secondary N) is 2. The number of morpholine rings is 1. The van der Waals surface area contributed by atoms with Crippen LogP contribution in [0.15, 0.2) is 41.3 Å². The summed E-state index contributed by atoms with van der Waals surface area (Å²) >= 11 is 5.99. The first-order valence-electron chi connectivity index (χ1n) is 8.93. The Hall–Kier alpha value is -2.48. The number of rotatable bonds is 4. The first-order chi connectivity index (χ1) is 13.1. The van der Waals surface area contributed by atoms with E-state index in [1.165, 1.54) is 9.30 Å². The topological polar surface area (TPSA) is 77.1 Å². The van der Waals surface area contributed by atoms with Crippen molar-refractivity contribution in [2.75, 3.05) is 39.4 Å². The average Bonchev–Trinajstić information content (AvgIpc) is 2.69. The number of fused-ring (bicyclic) bond motifs is 2. The van der Waals surface area contributed by atoms with Crippen LogP contribution in [0.3, 0.4) is 0 Å². The van der Waals surface area contributed by atoms with E-state index in [1.807, 2.05) is 0 Å². The predicted octanol–water partition coefficient (Wildman–Crippen LogP) is 0.146. The molecule has 0 unspecified atom stereocenters. The molecule has 0 radical (unpaired) electrons. The lowest BCUT2D eigenvalue weighted by Gasteiger charge is -2.23. The van der Waals surface area contributed by atoms with Crippen LogP contribution in [0.5, 0.6) is 0 Å². The van der Waals surface area contributed by atoms with Gasteiger partial charge in [-0.3, -0.25) is 14.0 Å². The van der Waals surface area contributed by atoms with Gasteiger partial charge in [-0.2, -0.15) is 0 Å². The Kier molecular flexibility index (Phi) is 5.07. The molecule has 1 aliphatic heterocycles. The summed E-state index contributed by atoms with van der Waals surface area (Å²) < 4.78 is 6.73. The van der Waals surface area contributed by atoms with Crippen molar-refractivity contribution in [3.63, 3.8) is 0 Å². The van der Waals surface area contributed by atoms with Crippen molar-refractivity contribution in [1.29, 1.82) is 0 Å². The molecule has 0 saturated carbocycles. The number of halogens is 1. The van der Waals surface area contributed by atoms with Crippen LogP contribution >= 0.6 is 11.6 Å². The number of quaternary nitrogens is 1. The third-order valence-electron chi connectivity index (χ3n) is 4.81. The number of aromatic nitrogens is 2. The number of carbonyl (C=O) groups is 1. The van der Waals surface area contributed by atoms with E-state index in [2.05, 4.69) is 10.3 Å². The van der Waals surface area contributed by atoms with E-state index in [0.29, 0.717) is 33.7 Å². The maximum absolute atomic E-state index is 12.8. The minimum atomic E-state index is -0.245. The highest BCUT2D eigenvalue weighted by atomic mass is 35.5. The highest BCUT2D eigenvalue weighted by Gasteiger charge is 2.16. The van der Waals surface area contributed by atoms with E-state index in [0.717, 1.165) is 32.8 Å². The minimum absolute atomic E-state index is 0.235. The second-order valence-corrected chi connectivity index (χ2v) is 7.00. The molecule has 2 aromatic heterocycles. The third kappa shape index (κ3) is 3.66. The molecule has 1 aromatic carbocycles. The molecule has 3 heterocycles. The molecule has 140 valence electrons. The number of hydrogen-bond acceptors (Lipinski definition) is 4. The average molecular weight is 388 g/mol. The smallest absolute Gasteiger partial charge is 0.265 e. The van der Waals surface area contributed by atoms with Gasteiger partial charge in [-0.15, -0.1) is 0 Å². The maximum Gasteiger partial charge on any atom is 0.265 e. The quantitative estimate of drug-likeness (QED) is 0.625. The summed E-state index contributed by atoms with van der Waals surface area (Å²) in [5.41, 5.74) is 0.990. The molecule has 27 heavy (non-hydrogen) atoms. The molecule has 1 amide bonds. The van der Waals surface area contributed by atoms with Crippen molar-refractivity contribution in [1.82, 2.24) is 14.7 Å². The van der Waals surface area contributed by atoms with Gasteiger partial charge in [-0.1, -0.05) is 11.6 Å². The van der Waals surface area contributed by atoms with E-state index in [4.69, 9.17) is 16.3 Å². The fraction of sp³-hybridized carbons (Fsp3) is 0.316. The number of hydrogen-bond donors (Lipinski definition) is 2. The van der Waals surface area contributed by atoms with Crippen LogP contribution in [0.25, 0.3) is 16.6 Å². The van der Waals surface area contributed by atoms with Crippen LogP contribution in [0.2, 0.25) is 5.02 Å². The number of ether oxygens (including phenoxy) is 1. The zero-order valence-corrected chi connectivity index (χ0v) is 15.5. The summed E-state index contributed by atoms with van der Waals surface area (Å²) in [6, 6.07) is 8.32. The van der Waals surface area contributed by atoms with E-state index in [1.54, 1.807) is 36.5 Å². The molecule has 7 nitrogen and oxygen atoms in total. The molecule has 4 rings (SSSR count). The first-order valence-corrected chi connectivity index (χ1v) is 9.31. The van der Waals surface area contributed by atoms with Gasteiger partial charge in [0.05, 0.1) is 42.8 Å². The molecule has 0 aliphatic carbocycles. The van der Waals surface area contributed by atoms with Crippen molar-refractivity contribution in [2.45, 2.75) is 0 Å². The normalized spacial score (nSPS) is 15.3. The highest BCUT2D eigenvalue weighted by molar-refractivity contribution is 6.31. The predicted molar refractivity (Wildman–Crippen MR) is 103 cm³/mol. The molecule has 1 aliphatic rings. The van der Waals surface area contributed by atoms with Gasteiger partial charge in [0.2, 0.25) is 0 Å². The maximum atomic E-state index is 12.8. The van der Waals surface area contributed by atoms with Gasteiger partial charge in [0.25, 0.3) is 11.5 Å². The Labute approximate surface area is 160 Å². The van der Waals surface area contributed by atoms with E-state index in [-0.39, 0.29) is 11.5 Å². The van der Waals surface area contributed by atoms with Crippen LogP contribution in [0, 0.1) is 0 Å². The molecule has 0 atom stereocenters. The molecule has 3 aromatic rings. The summed E-state index contributed by atoms with van der Waals surface area (Å²) in [5, 5.41) is 3.84. The fourth-order valence-electron chi connectivity index (χ4n) is 3.33. The number of benzene rings is 1. The van der Waals surface area contributed by atoms with E-state index >= 15 is 0 Å². The first kappa shape index (κ1) is 17.9. The van der Waals surface area contributed by atoms with Crippen LogP contribution in [0.1, 0.15) is 10.4 Å². The number of carbonyl (C=O) groups excluding carboxylic acids is 1. The van der Waals surface area contributed by atoms with Gasteiger partial charge in [-0.05, 0) is 30.3 Å². The second kappa shape index (κ2) is 7.64. The van der Waals surface area contributed by atoms with Gasteiger partial charge in [0, 0.05) is 11.2 Å². The Bertz CT molecular complexity index is 1060. The van der Waals surface area contributed by atoms with Gasteiger partial charge < -0.3 is 15.0 Å². The summed E-state index contributed by atoms with van der Waals surface area (Å²) in [5.74, 6) is -0.235. The summed E-state index contributed by atoms with van der Waals surface area (Å²) in [4.78, 5) is 31.4. The SMILES string of the molecule is O=C(NCC[NH+]1CCOCC1)c1cccn2c(=O)c3cc(Cl)ccc3nc12. The fourth-order valence-corrected chi connectivity index (χ4v) is 3.51. The van der Waals surface area contributed by atoms with Gasteiger partial charge in [-0.25, -0.2) is 4.98 Å². The Balaban J connectivity index is 1.61. The Morgan fingerprint density at radius 2 is 2.11 bits per heavy atom. The second-order valence-electron chi connectivity index (χ2n) is 6.56. The van der Waals surface area contributed by atoms with Crippen molar-refractivity contribution in [3.8, 4) is 0 Å². The Morgan fingerprint density at radius 1 is 1.30 bits per heavy atom. The van der Waals surface area contributed by atoms with Crippen LogP contribution in [0.4, 0.5) is 0 Å². The molecule has 1 fully saturated rings. The molecular weight excluding hydrogens is 368 g/mol. The minimum Gasteiger partial charge on any atom is -0.370 e. The molecule has 0 bridgehead atoms. The van der Waals surface area contributed by atoms with Crippen molar-refractivity contribution >= 4 is 34.1 Å². The lowest BCUT2D eigenvalue weighted by Crippen LogP contribution is -3.14. The standard InChI is InChI=1S/C19H19ClN4O3/c20-13-3-4-16-15(12-13)19(26)24-6-1-2-14(17(24)22-16)18(25)21-5-7-23-8-10-27-11-9-23/h1-4,6,12H,5,7-11H2,(H,21,25)/p+1. The number of pyridine rings is 1. The highest BCUT2D eigenvalue weighted by Crippen LogP contribution is 2.17. The zero-order chi connectivity index (χ0) is 18.8. The van der Waals surface area contributed by atoms with Crippen LogP contribution < -0.4 is 15.8 Å². The lowest BCUT2D eigenvalue weighted by atomic mass is 10.2. The summed E-state index contributed by atoms with van der Waals surface area (Å²) in [6.07, 6.45) is 1.61. The van der Waals surface area contributed by atoms with Crippen LogP contribution in [-0.2, 0) is 4.74 Å². The van der Waals surface area contributed by atoms with Gasteiger partial charge >= 0.3 is 0 Å². The summed E-state index contributed by atoms with van der Waals surface area (Å²) in [7, 11) is 0. The number of amides is 1. The monoisotopic (exact) mass is 387 g/mol. The largest absolute Gasteiger partial charge is 0.370 e. The summed E-state index contributed by atoms with van der Waals surface area (Å²) in [6.45, 7) is 4.83. The molecule has 0 spiro atoms. The molecular formula is C19H20ClN4O3+. The van der Waals surface area contributed by atoms with Crippen molar-refractivity contribution < 1.29 is 14.4 Å². The molecule has 2 N–H and O–H groups in total. The number of nitrogens with zero attached hydrogens (tertiary/aromatic N) is 2. The van der Waals surface area contributed by atoms with Crippen molar-refractivity contribution in [3.05, 3.63) is 57.5 Å². The molecule has 8 heteroatoms. The molecule has 1 saturated heterocycles. The third-order valence-corrected chi connectivity index (χ3v) is 5.05. The van der Waals surface area contributed by atoms with Gasteiger partial charge in [0.15, 0.2) is 5.65 Å². The Morgan fingerprint density at radius 3 is 2.93 bits per heavy atom. The van der Waals surface area contributed by atoms with E-state index in [9.17, 15) is 9.59 Å². The van der Waals surface area contributed by atoms with E-state index < -0.39 is 0 Å². The lowest BCUT2D eigenvalue weighted by molar-refractivity contribution is -0.906. The van der Waals surface area contributed by atoms with Crippen molar-refractivity contribution in [2.24, 2.45) is 0 Å². The van der Waals surface area contributed by atoms with Crippen LogP contribution in [-0.4, -0.2) is 54.7 Å². The zero-order valence-electron chi connectivity index (χ0n) is 14.7. The van der Waals surface area contributed by atoms with Gasteiger partial charge in [0.1, 0.15) is 13.1 Å².